The number of ether oxygens (including phenoxy) is 2. The van der Waals surface area contributed by atoms with E-state index >= 15 is 0 Å². The lowest BCUT2D eigenvalue weighted by Crippen LogP contribution is -2.26. The van der Waals surface area contributed by atoms with E-state index in [-0.39, 0.29) is 24.5 Å². The van der Waals surface area contributed by atoms with E-state index in [0.29, 0.717) is 6.42 Å². The van der Waals surface area contributed by atoms with Crippen LogP contribution in [0.25, 0.3) is 0 Å². The number of pyridine rings is 1. The second-order valence-electron chi connectivity index (χ2n) is 8.07. The Kier molecular flexibility index (Phi) is 4.16. The molecule has 2 aliphatic heterocycles. The first-order valence-corrected chi connectivity index (χ1v) is 10.4. The molecule has 1 aliphatic carbocycles. The zero-order valence-electron chi connectivity index (χ0n) is 16.8. The van der Waals surface area contributed by atoms with E-state index < -0.39 is 0 Å². The molecule has 6 rings (SSSR count). The van der Waals surface area contributed by atoms with Crippen molar-refractivity contribution in [1.29, 1.82) is 0 Å². The minimum absolute atomic E-state index is 0.0769. The summed E-state index contributed by atoms with van der Waals surface area (Å²) < 4.78 is 11.0. The number of fused-ring (bicyclic) bond motifs is 2. The fourth-order valence-corrected chi connectivity index (χ4v) is 4.69. The van der Waals surface area contributed by atoms with Crippen LogP contribution in [0.1, 0.15) is 35.9 Å². The van der Waals surface area contributed by atoms with E-state index in [2.05, 4.69) is 15.6 Å². The summed E-state index contributed by atoms with van der Waals surface area (Å²) in [7, 11) is 0. The molecule has 2 aromatic carbocycles. The highest BCUT2D eigenvalue weighted by Gasteiger charge is 2.36. The lowest BCUT2D eigenvalue weighted by Gasteiger charge is -2.29. The molecule has 2 atom stereocenters. The van der Waals surface area contributed by atoms with Crippen molar-refractivity contribution in [2.75, 3.05) is 17.4 Å². The molecule has 3 aliphatic rings. The first-order valence-electron chi connectivity index (χ1n) is 10.4. The number of nitrogens with zero attached hydrogens (tertiary/aromatic N) is 1. The summed E-state index contributed by atoms with van der Waals surface area (Å²) in [6, 6.07) is 17.7. The lowest BCUT2D eigenvalue weighted by atomic mass is 9.78. The van der Waals surface area contributed by atoms with Crippen molar-refractivity contribution in [2.24, 2.45) is 0 Å². The van der Waals surface area contributed by atoms with Gasteiger partial charge in [0.1, 0.15) is 0 Å². The van der Waals surface area contributed by atoms with Gasteiger partial charge in [-0.25, -0.2) is 0 Å². The number of ketones is 1. The fourth-order valence-electron chi connectivity index (χ4n) is 4.69. The number of rotatable bonds is 2. The molecule has 0 fully saturated rings. The van der Waals surface area contributed by atoms with Crippen LogP contribution in [0.3, 0.4) is 0 Å². The zero-order chi connectivity index (χ0) is 20.8. The summed E-state index contributed by atoms with van der Waals surface area (Å²) in [6.45, 7) is 0.245. The molecular formula is C25H21N3O3. The number of hydrogen-bond donors (Lipinski definition) is 2. The number of aromatic nitrogens is 1. The van der Waals surface area contributed by atoms with Crippen LogP contribution in [0.15, 0.2) is 78.3 Å². The Bertz CT molecular complexity index is 1210. The Balaban J connectivity index is 1.43. The molecular weight excluding hydrogens is 390 g/mol. The molecule has 6 nitrogen and oxygen atoms in total. The van der Waals surface area contributed by atoms with Gasteiger partial charge < -0.3 is 20.1 Å². The molecule has 0 radical (unpaired) electrons. The van der Waals surface area contributed by atoms with Crippen molar-refractivity contribution in [3.05, 3.63) is 89.4 Å². The quantitative estimate of drug-likeness (QED) is 0.632. The first kappa shape index (κ1) is 18.0. The summed E-state index contributed by atoms with van der Waals surface area (Å²) in [4.78, 5) is 17.8. The molecule has 2 N–H and O–H groups in total. The predicted molar refractivity (Wildman–Crippen MR) is 117 cm³/mol. The summed E-state index contributed by atoms with van der Waals surface area (Å²) >= 11 is 0. The SMILES string of the molecule is O=C1C[C@@H](c2ccc3c(c2)OCO3)CC2=C1[C@H](c1cccnc1)Nc1ccccc1N2. The van der Waals surface area contributed by atoms with Gasteiger partial charge in [0.15, 0.2) is 17.3 Å². The second-order valence-corrected chi connectivity index (χ2v) is 8.07. The summed E-state index contributed by atoms with van der Waals surface area (Å²) in [5, 5.41) is 7.14. The van der Waals surface area contributed by atoms with Crippen LogP contribution < -0.4 is 20.1 Å². The number of para-hydroxylation sites is 2. The van der Waals surface area contributed by atoms with Crippen LogP contribution in [0, 0.1) is 0 Å². The van der Waals surface area contributed by atoms with Gasteiger partial charge >= 0.3 is 0 Å². The van der Waals surface area contributed by atoms with Gasteiger partial charge in [-0.2, -0.15) is 0 Å². The molecule has 0 saturated carbocycles. The van der Waals surface area contributed by atoms with E-state index in [0.717, 1.165) is 51.7 Å². The number of carbonyl (C=O) groups excluding carboxylic acids is 1. The van der Waals surface area contributed by atoms with Gasteiger partial charge in [0.25, 0.3) is 0 Å². The average molecular weight is 411 g/mol. The van der Waals surface area contributed by atoms with Gasteiger partial charge in [0.05, 0.1) is 17.4 Å². The number of allylic oxidation sites excluding steroid dienone is 1. The first-order chi connectivity index (χ1) is 15.3. The summed E-state index contributed by atoms with van der Waals surface area (Å²) in [5.41, 5.74) is 5.77. The maximum atomic E-state index is 13.5. The standard InChI is InChI=1S/C25H21N3O3/c29-21-11-17(15-7-8-22-23(12-15)31-14-30-22)10-20-24(21)25(16-4-3-9-26-13-16)28-19-6-2-1-5-18(19)27-20/h1-9,12-13,17,25,27-28H,10-11,14H2/t17-,25-/m0/s1. The summed E-state index contributed by atoms with van der Waals surface area (Å²) in [6.07, 6.45) is 4.77. The number of Topliss-reactive ketones (excluding diaryl/α,β-unsaturated/α-hetero) is 1. The molecule has 3 aromatic rings. The minimum atomic E-state index is -0.245. The van der Waals surface area contributed by atoms with Crippen LogP contribution in [0.2, 0.25) is 0 Å². The van der Waals surface area contributed by atoms with Gasteiger partial charge in [-0.15, -0.1) is 0 Å². The van der Waals surface area contributed by atoms with Crippen molar-refractivity contribution < 1.29 is 14.3 Å². The van der Waals surface area contributed by atoms with Crippen molar-refractivity contribution in [3.63, 3.8) is 0 Å². The molecule has 154 valence electrons. The topological polar surface area (TPSA) is 72.5 Å². The Morgan fingerprint density at radius 3 is 2.65 bits per heavy atom. The lowest BCUT2D eigenvalue weighted by molar-refractivity contribution is -0.116. The van der Waals surface area contributed by atoms with Gasteiger partial charge in [-0.3, -0.25) is 9.78 Å². The third-order valence-corrected chi connectivity index (χ3v) is 6.19. The Hall–Kier alpha value is -3.80. The Morgan fingerprint density at radius 2 is 1.77 bits per heavy atom. The molecule has 0 unspecified atom stereocenters. The van der Waals surface area contributed by atoms with E-state index in [1.807, 2.05) is 60.8 Å². The smallest absolute Gasteiger partial charge is 0.231 e. The molecule has 0 saturated heterocycles. The van der Waals surface area contributed by atoms with Gasteiger partial charge in [0, 0.05) is 30.1 Å². The average Bonchev–Trinajstić information content (AvgIpc) is 3.20. The molecule has 0 bridgehead atoms. The number of benzene rings is 2. The maximum absolute atomic E-state index is 13.5. The van der Waals surface area contributed by atoms with E-state index in [1.54, 1.807) is 6.20 Å². The molecule has 1 aromatic heterocycles. The fraction of sp³-hybridized carbons (Fsp3) is 0.200. The van der Waals surface area contributed by atoms with E-state index in [4.69, 9.17) is 9.47 Å². The summed E-state index contributed by atoms with van der Waals surface area (Å²) in [5.74, 6) is 1.73. The van der Waals surface area contributed by atoms with E-state index in [1.165, 1.54) is 0 Å². The minimum Gasteiger partial charge on any atom is -0.454 e. The Labute approximate surface area is 179 Å². The van der Waals surface area contributed by atoms with Crippen molar-refractivity contribution in [1.82, 2.24) is 4.98 Å². The third-order valence-electron chi connectivity index (χ3n) is 6.19. The normalized spacial score (nSPS) is 21.5. The van der Waals surface area contributed by atoms with Crippen molar-refractivity contribution in [3.8, 4) is 11.5 Å². The molecule has 0 spiro atoms. The molecule has 6 heteroatoms. The van der Waals surface area contributed by atoms with Crippen LogP contribution >= 0.6 is 0 Å². The highest BCUT2D eigenvalue weighted by Crippen LogP contribution is 2.45. The molecule has 3 heterocycles. The zero-order valence-corrected chi connectivity index (χ0v) is 16.8. The number of hydrogen-bond acceptors (Lipinski definition) is 6. The van der Waals surface area contributed by atoms with Crippen molar-refractivity contribution >= 4 is 17.2 Å². The highest BCUT2D eigenvalue weighted by molar-refractivity contribution is 6.01. The van der Waals surface area contributed by atoms with Gasteiger partial charge in [-0.05, 0) is 53.8 Å². The second kappa shape index (κ2) is 7.16. The van der Waals surface area contributed by atoms with Crippen LogP contribution in [0.4, 0.5) is 11.4 Å². The van der Waals surface area contributed by atoms with Crippen LogP contribution in [-0.2, 0) is 4.79 Å². The van der Waals surface area contributed by atoms with Gasteiger partial charge in [-0.1, -0.05) is 24.3 Å². The third kappa shape index (κ3) is 3.11. The Morgan fingerprint density at radius 1 is 0.903 bits per heavy atom. The monoisotopic (exact) mass is 411 g/mol. The highest BCUT2D eigenvalue weighted by atomic mass is 16.7. The van der Waals surface area contributed by atoms with Crippen LogP contribution in [0.5, 0.6) is 11.5 Å². The molecule has 31 heavy (non-hydrogen) atoms. The number of anilines is 2. The van der Waals surface area contributed by atoms with Gasteiger partial charge in [0.2, 0.25) is 6.79 Å². The number of carbonyl (C=O) groups is 1. The number of nitrogens with one attached hydrogen (secondary N) is 2. The van der Waals surface area contributed by atoms with Crippen LogP contribution in [-0.4, -0.2) is 17.6 Å². The largest absolute Gasteiger partial charge is 0.454 e. The predicted octanol–water partition coefficient (Wildman–Crippen LogP) is 4.79. The maximum Gasteiger partial charge on any atom is 0.231 e. The van der Waals surface area contributed by atoms with E-state index in [9.17, 15) is 4.79 Å². The molecule has 0 amide bonds. The van der Waals surface area contributed by atoms with Crippen molar-refractivity contribution in [2.45, 2.75) is 24.8 Å².